The van der Waals surface area contributed by atoms with Crippen molar-refractivity contribution in [1.29, 1.82) is 0 Å². The minimum absolute atomic E-state index is 0.478. The Bertz CT molecular complexity index is 320. The Labute approximate surface area is 106 Å². The Morgan fingerprint density at radius 3 is 2.17 bits per heavy atom. The SMILES string of the molecule is CC(=O)OCOC(=O)C(C)NC(=O)OC(C)(C)C. The highest BCUT2D eigenvalue weighted by Crippen LogP contribution is 2.06. The normalized spacial score (nSPS) is 12.3. The molecule has 0 spiro atoms. The Balaban J connectivity index is 4.00. The summed E-state index contributed by atoms with van der Waals surface area (Å²) in [5, 5.41) is 2.30. The second-order valence-electron chi connectivity index (χ2n) is 4.59. The third-order valence-corrected chi connectivity index (χ3v) is 1.55. The van der Waals surface area contributed by atoms with Crippen LogP contribution < -0.4 is 5.32 Å². The number of amides is 1. The van der Waals surface area contributed by atoms with Crippen LogP contribution in [0.15, 0.2) is 0 Å². The van der Waals surface area contributed by atoms with Crippen LogP contribution in [0, 0.1) is 0 Å². The Kier molecular flexibility index (Phi) is 6.15. The fourth-order valence-corrected chi connectivity index (χ4v) is 0.839. The summed E-state index contributed by atoms with van der Waals surface area (Å²) in [4.78, 5) is 33.1. The minimum atomic E-state index is -0.893. The molecule has 0 aliphatic heterocycles. The molecule has 0 saturated heterocycles. The van der Waals surface area contributed by atoms with Crippen molar-refractivity contribution < 1.29 is 28.6 Å². The first-order valence-electron chi connectivity index (χ1n) is 5.41. The highest BCUT2D eigenvalue weighted by molar-refractivity contribution is 5.81. The van der Waals surface area contributed by atoms with Crippen LogP contribution in [0.1, 0.15) is 34.6 Å². The summed E-state index contributed by atoms with van der Waals surface area (Å²) < 4.78 is 14.0. The zero-order valence-electron chi connectivity index (χ0n) is 11.2. The molecule has 1 unspecified atom stereocenters. The third kappa shape index (κ3) is 8.37. The van der Waals surface area contributed by atoms with E-state index in [0.717, 1.165) is 0 Å². The summed E-state index contributed by atoms with van der Waals surface area (Å²) in [6.07, 6.45) is -0.723. The van der Waals surface area contributed by atoms with Crippen molar-refractivity contribution in [2.45, 2.75) is 46.3 Å². The second kappa shape index (κ2) is 6.83. The first-order chi connectivity index (χ1) is 8.11. The van der Waals surface area contributed by atoms with Crippen molar-refractivity contribution in [3.05, 3.63) is 0 Å². The second-order valence-corrected chi connectivity index (χ2v) is 4.59. The van der Waals surface area contributed by atoms with Crippen LogP contribution in [0.25, 0.3) is 0 Å². The van der Waals surface area contributed by atoms with Gasteiger partial charge in [-0.2, -0.15) is 0 Å². The predicted octanol–water partition coefficient (Wildman–Crippen LogP) is 0.963. The smallest absolute Gasteiger partial charge is 0.408 e. The van der Waals surface area contributed by atoms with Gasteiger partial charge in [-0.15, -0.1) is 0 Å². The third-order valence-electron chi connectivity index (χ3n) is 1.55. The molecule has 0 saturated carbocycles. The van der Waals surface area contributed by atoms with E-state index in [-0.39, 0.29) is 0 Å². The maximum absolute atomic E-state index is 11.3. The highest BCUT2D eigenvalue weighted by atomic mass is 16.7. The van der Waals surface area contributed by atoms with Crippen LogP contribution in [-0.2, 0) is 23.8 Å². The first kappa shape index (κ1) is 16.2. The van der Waals surface area contributed by atoms with Crippen molar-refractivity contribution in [3.63, 3.8) is 0 Å². The Hall–Kier alpha value is -1.79. The summed E-state index contributed by atoms with van der Waals surface area (Å²) >= 11 is 0. The van der Waals surface area contributed by atoms with Crippen LogP contribution in [0.2, 0.25) is 0 Å². The van der Waals surface area contributed by atoms with Gasteiger partial charge < -0.3 is 19.5 Å². The van der Waals surface area contributed by atoms with Crippen LogP contribution in [0.5, 0.6) is 0 Å². The molecule has 1 N–H and O–H groups in total. The zero-order chi connectivity index (χ0) is 14.3. The lowest BCUT2D eigenvalue weighted by Crippen LogP contribution is -2.42. The largest absolute Gasteiger partial charge is 0.444 e. The molecule has 0 aromatic rings. The summed E-state index contributed by atoms with van der Waals surface area (Å²) in [6, 6.07) is -0.893. The predicted molar refractivity (Wildman–Crippen MR) is 61.6 cm³/mol. The number of nitrogens with one attached hydrogen (secondary N) is 1. The van der Waals surface area contributed by atoms with E-state index in [1.54, 1.807) is 20.8 Å². The fourth-order valence-electron chi connectivity index (χ4n) is 0.839. The lowest BCUT2D eigenvalue weighted by atomic mass is 10.2. The number of carbonyl (C=O) groups excluding carboxylic acids is 3. The number of esters is 2. The minimum Gasteiger partial charge on any atom is -0.444 e. The van der Waals surface area contributed by atoms with Crippen molar-refractivity contribution in [3.8, 4) is 0 Å². The molecule has 1 amide bonds. The monoisotopic (exact) mass is 261 g/mol. The van der Waals surface area contributed by atoms with Crippen molar-refractivity contribution in [1.82, 2.24) is 5.32 Å². The van der Waals surface area contributed by atoms with Crippen molar-refractivity contribution >= 4 is 18.0 Å². The van der Waals surface area contributed by atoms with E-state index in [9.17, 15) is 14.4 Å². The molecule has 0 fully saturated rings. The van der Waals surface area contributed by atoms with Gasteiger partial charge in [0.25, 0.3) is 0 Å². The van der Waals surface area contributed by atoms with E-state index in [0.29, 0.717) is 0 Å². The molecular formula is C11H19NO6. The van der Waals surface area contributed by atoms with E-state index in [1.165, 1.54) is 13.8 Å². The number of alkyl carbamates (subject to hydrolysis) is 1. The average molecular weight is 261 g/mol. The molecule has 7 heteroatoms. The molecule has 7 nitrogen and oxygen atoms in total. The summed E-state index contributed by atoms with van der Waals surface area (Å²) in [5.41, 5.74) is -0.647. The van der Waals surface area contributed by atoms with Gasteiger partial charge in [-0.3, -0.25) is 4.79 Å². The van der Waals surface area contributed by atoms with Crippen LogP contribution in [-0.4, -0.2) is 36.5 Å². The van der Waals surface area contributed by atoms with Gasteiger partial charge in [-0.05, 0) is 27.7 Å². The van der Waals surface area contributed by atoms with E-state index in [2.05, 4.69) is 14.8 Å². The molecule has 18 heavy (non-hydrogen) atoms. The summed E-state index contributed by atoms with van der Waals surface area (Å²) in [5.74, 6) is -1.28. The van der Waals surface area contributed by atoms with E-state index >= 15 is 0 Å². The van der Waals surface area contributed by atoms with Gasteiger partial charge in [0.2, 0.25) is 6.79 Å². The van der Waals surface area contributed by atoms with Gasteiger partial charge in [0, 0.05) is 6.92 Å². The Morgan fingerprint density at radius 1 is 1.17 bits per heavy atom. The first-order valence-corrected chi connectivity index (χ1v) is 5.41. The molecule has 104 valence electrons. The lowest BCUT2D eigenvalue weighted by Gasteiger charge is -2.21. The van der Waals surface area contributed by atoms with Gasteiger partial charge in [-0.25, -0.2) is 9.59 Å². The van der Waals surface area contributed by atoms with Crippen LogP contribution in [0.4, 0.5) is 4.79 Å². The molecule has 0 heterocycles. The molecule has 1 atom stereocenters. The van der Waals surface area contributed by atoms with Gasteiger partial charge >= 0.3 is 18.0 Å². The van der Waals surface area contributed by atoms with E-state index in [1.807, 2.05) is 0 Å². The quantitative estimate of drug-likeness (QED) is 0.598. The molecule has 0 radical (unpaired) electrons. The van der Waals surface area contributed by atoms with Gasteiger partial charge in [0.1, 0.15) is 11.6 Å². The van der Waals surface area contributed by atoms with Crippen LogP contribution >= 0.6 is 0 Å². The van der Waals surface area contributed by atoms with Crippen LogP contribution in [0.3, 0.4) is 0 Å². The molecule has 0 aliphatic rings. The van der Waals surface area contributed by atoms with Gasteiger partial charge in [0.15, 0.2) is 0 Å². The molecular weight excluding hydrogens is 242 g/mol. The number of carbonyl (C=O) groups is 3. The average Bonchev–Trinajstić information content (AvgIpc) is 2.13. The zero-order valence-corrected chi connectivity index (χ0v) is 11.2. The highest BCUT2D eigenvalue weighted by Gasteiger charge is 2.21. The maximum atomic E-state index is 11.3. The van der Waals surface area contributed by atoms with Crippen molar-refractivity contribution in [2.24, 2.45) is 0 Å². The lowest BCUT2D eigenvalue weighted by molar-refractivity contribution is -0.166. The molecule has 0 aromatic carbocycles. The molecule has 0 aromatic heterocycles. The summed E-state index contributed by atoms with van der Waals surface area (Å²) in [6.45, 7) is 7.26. The number of hydrogen-bond donors (Lipinski definition) is 1. The van der Waals surface area contributed by atoms with E-state index in [4.69, 9.17) is 4.74 Å². The number of ether oxygens (including phenoxy) is 3. The molecule has 0 aliphatic carbocycles. The maximum Gasteiger partial charge on any atom is 0.408 e. The standard InChI is InChI=1S/C11H19NO6/c1-7(9(14)17-6-16-8(2)13)12-10(15)18-11(3,4)5/h7H,6H2,1-5H3,(H,12,15). The molecule has 0 rings (SSSR count). The number of hydrogen-bond acceptors (Lipinski definition) is 6. The summed E-state index contributed by atoms with van der Waals surface area (Å²) in [7, 11) is 0. The topological polar surface area (TPSA) is 90.9 Å². The van der Waals surface area contributed by atoms with Gasteiger partial charge in [-0.1, -0.05) is 0 Å². The van der Waals surface area contributed by atoms with E-state index < -0.39 is 36.5 Å². The molecule has 0 bridgehead atoms. The fraction of sp³-hybridized carbons (Fsp3) is 0.727. The number of rotatable bonds is 4. The Morgan fingerprint density at radius 2 is 1.72 bits per heavy atom. The van der Waals surface area contributed by atoms with Crippen molar-refractivity contribution in [2.75, 3.05) is 6.79 Å². The van der Waals surface area contributed by atoms with Gasteiger partial charge in [0.05, 0.1) is 0 Å².